The van der Waals surface area contributed by atoms with Crippen molar-refractivity contribution in [3.05, 3.63) is 59.2 Å². The Kier molecular flexibility index (Phi) is 3.71. The van der Waals surface area contributed by atoms with Gasteiger partial charge < -0.3 is 14.4 Å². The largest absolute Gasteiger partial charge is 0.493 e. The number of hydrogen-bond acceptors (Lipinski definition) is 3. The number of fused-ring (bicyclic) bond motifs is 3. The van der Waals surface area contributed by atoms with Crippen molar-refractivity contribution < 1.29 is 14.3 Å². The minimum absolute atomic E-state index is 0.145. The van der Waals surface area contributed by atoms with E-state index in [9.17, 15) is 4.79 Å². The van der Waals surface area contributed by atoms with E-state index in [4.69, 9.17) is 9.47 Å². The summed E-state index contributed by atoms with van der Waals surface area (Å²) in [5.41, 5.74) is 3.36. The lowest BCUT2D eigenvalue weighted by molar-refractivity contribution is -0.131. The number of hydrogen-bond donors (Lipinski definition) is 0. The number of ether oxygens (including phenoxy) is 2. The number of methoxy groups -OCH3 is 2. The second-order valence-electron chi connectivity index (χ2n) is 7.04. The fraction of sp³-hybridized carbons (Fsp3) is 0.381. The Hall–Kier alpha value is -2.49. The predicted molar refractivity (Wildman–Crippen MR) is 96.1 cm³/mol. The second kappa shape index (κ2) is 5.80. The molecule has 130 valence electrons. The summed E-state index contributed by atoms with van der Waals surface area (Å²) in [5.74, 6) is 1.84. The van der Waals surface area contributed by atoms with Gasteiger partial charge >= 0.3 is 0 Å². The summed E-state index contributed by atoms with van der Waals surface area (Å²) >= 11 is 0. The monoisotopic (exact) mass is 337 g/mol. The Morgan fingerprint density at radius 3 is 2.44 bits per heavy atom. The van der Waals surface area contributed by atoms with E-state index >= 15 is 0 Å². The van der Waals surface area contributed by atoms with Crippen LogP contribution in [0.4, 0.5) is 0 Å². The highest BCUT2D eigenvalue weighted by atomic mass is 16.5. The molecule has 0 bridgehead atoms. The molecule has 0 N–H and O–H groups in total. The van der Waals surface area contributed by atoms with Crippen molar-refractivity contribution in [1.82, 2.24) is 4.90 Å². The minimum atomic E-state index is -0.267. The zero-order valence-corrected chi connectivity index (χ0v) is 14.9. The van der Waals surface area contributed by atoms with Gasteiger partial charge in [0.15, 0.2) is 11.5 Å². The van der Waals surface area contributed by atoms with Crippen LogP contribution >= 0.6 is 0 Å². The summed E-state index contributed by atoms with van der Waals surface area (Å²) in [6.45, 7) is 2.88. The molecule has 2 atom stereocenters. The van der Waals surface area contributed by atoms with E-state index in [-0.39, 0.29) is 17.4 Å². The number of benzene rings is 2. The van der Waals surface area contributed by atoms with Gasteiger partial charge in [0, 0.05) is 18.9 Å². The lowest BCUT2D eigenvalue weighted by atomic mass is 9.75. The molecule has 0 radical (unpaired) electrons. The molecule has 0 aromatic heterocycles. The molecule has 2 aromatic rings. The number of carbonyl (C=O) groups excluding carboxylic acids is 1. The van der Waals surface area contributed by atoms with E-state index in [2.05, 4.69) is 48.2 Å². The predicted octanol–water partition coefficient (Wildman–Crippen LogP) is 3.69. The number of carbonyl (C=O) groups is 1. The molecule has 1 amide bonds. The Bertz CT molecular complexity index is 817. The number of nitrogens with zero attached hydrogens (tertiary/aromatic N) is 1. The average molecular weight is 337 g/mol. The van der Waals surface area contributed by atoms with Gasteiger partial charge in [-0.1, -0.05) is 30.3 Å². The van der Waals surface area contributed by atoms with Crippen LogP contribution in [-0.2, 0) is 10.3 Å². The third-order valence-electron chi connectivity index (χ3n) is 5.80. The molecule has 0 unspecified atom stereocenters. The molecule has 2 aliphatic heterocycles. The quantitative estimate of drug-likeness (QED) is 0.857. The van der Waals surface area contributed by atoms with Gasteiger partial charge in [0.05, 0.1) is 19.8 Å². The van der Waals surface area contributed by atoms with Crippen molar-refractivity contribution in [3.8, 4) is 11.5 Å². The summed E-state index contributed by atoms with van der Waals surface area (Å²) in [4.78, 5) is 14.6. The molecular weight excluding hydrogens is 314 g/mol. The molecule has 0 spiro atoms. The van der Waals surface area contributed by atoms with Crippen molar-refractivity contribution in [1.29, 1.82) is 0 Å². The first-order valence-corrected chi connectivity index (χ1v) is 8.70. The Balaban J connectivity index is 1.95. The normalized spacial score (nSPS) is 24.7. The maximum absolute atomic E-state index is 12.5. The molecule has 4 nitrogen and oxygen atoms in total. The third kappa shape index (κ3) is 2.31. The van der Waals surface area contributed by atoms with Gasteiger partial charge in [-0.2, -0.15) is 0 Å². The molecule has 0 saturated carbocycles. The first-order valence-electron chi connectivity index (χ1n) is 8.70. The van der Waals surface area contributed by atoms with Gasteiger partial charge in [0.2, 0.25) is 5.91 Å². The van der Waals surface area contributed by atoms with Gasteiger partial charge in [-0.05, 0) is 42.2 Å². The first kappa shape index (κ1) is 16.0. The standard InChI is InChI=1S/C21H23NO3/c1-21-10-9-20(23)22(21)13-16(14-7-5-4-6-8-14)15-11-18(24-2)19(25-3)12-17(15)21/h4-8,11-12,16H,9-10,13H2,1-3H3/t16-,21-/m0/s1. The third-order valence-corrected chi connectivity index (χ3v) is 5.80. The van der Waals surface area contributed by atoms with Gasteiger partial charge in [-0.25, -0.2) is 0 Å². The highest BCUT2D eigenvalue weighted by Crippen LogP contribution is 2.51. The molecule has 1 fully saturated rings. The van der Waals surface area contributed by atoms with Crippen molar-refractivity contribution in [2.24, 2.45) is 0 Å². The van der Waals surface area contributed by atoms with Crippen LogP contribution in [0.3, 0.4) is 0 Å². The average Bonchev–Trinajstić information content (AvgIpc) is 2.96. The molecule has 2 aromatic carbocycles. The number of amides is 1. The maximum atomic E-state index is 12.5. The summed E-state index contributed by atoms with van der Waals surface area (Å²) in [6, 6.07) is 14.5. The van der Waals surface area contributed by atoms with Crippen molar-refractivity contribution in [2.75, 3.05) is 20.8 Å². The lowest BCUT2D eigenvalue weighted by Gasteiger charge is -2.45. The molecule has 0 aliphatic carbocycles. The van der Waals surface area contributed by atoms with Crippen LogP contribution in [-0.4, -0.2) is 31.6 Å². The number of rotatable bonds is 3. The van der Waals surface area contributed by atoms with Gasteiger partial charge in [-0.15, -0.1) is 0 Å². The fourth-order valence-electron chi connectivity index (χ4n) is 4.38. The smallest absolute Gasteiger partial charge is 0.223 e. The van der Waals surface area contributed by atoms with Gasteiger partial charge in [-0.3, -0.25) is 4.79 Å². The van der Waals surface area contributed by atoms with Crippen molar-refractivity contribution >= 4 is 5.91 Å². The lowest BCUT2D eigenvalue weighted by Crippen LogP contribution is -2.47. The van der Waals surface area contributed by atoms with E-state index in [1.807, 2.05) is 6.07 Å². The van der Waals surface area contributed by atoms with Crippen LogP contribution in [0.25, 0.3) is 0 Å². The topological polar surface area (TPSA) is 38.8 Å². The van der Waals surface area contributed by atoms with E-state index in [0.29, 0.717) is 13.0 Å². The summed E-state index contributed by atoms with van der Waals surface area (Å²) in [5, 5.41) is 0. The summed E-state index contributed by atoms with van der Waals surface area (Å²) < 4.78 is 11.1. The van der Waals surface area contributed by atoms with Crippen LogP contribution in [0, 0.1) is 0 Å². The highest BCUT2D eigenvalue weighted by Gasteiger charge is 2.49. The van der Waals surface area contributed by atoms with Crippen LogP contribution in [0.15, 0.2) is 42.5 Å². The SMILES string of the molecule is COc1cc2c(cc1OC)[C@]1(C)CCC(=O)N1C[C@H]2c1ccccc1. The molecular formula is C21H23NO3. The van der Waals surface area contributed by atoms with E-state index in [1.54, 1.807) is 14.2 Å². The zero-order valence-electron chi connectivity index (χ0n) is 14.9. The highest BCUT2D eigenvalue weighted by molar-refractivity contribution is 5.81. The molecule has 4 heteroatoms. The summed E-state index contributed by atoms with van der Waals surface area (Å²) in [7, 11) is 3.32. The Morgan fingerprint density at radius 2 is 1.76 bits per heavy atom. The van der Waals surface area contributed by atoms with Crippen LogP contribution in [0.5, 0.6) is 11.5 Å². The van der Waals surface area contributed by atoms with Crippen LogP contribution < -0.4 is 9.47 Å². The van der Waals surface area contributed by atoms with Crippen LogP contribution in [0.1, 0.15) is 42.4 Å². The Morgan fingerprint density at radius 1 is 1.08 bits per heavy atom. The molecule has 4 rings (SSSR count). The summed E-state index contributed by atoms with van der Waals surface area (Å²) in [6.07, 6.45) is 1.45. The molecule has 1 saturated heterocycles. The Labute approximate surface area is 148 Å². The fourth-order valence-corrected chi connectivity index (χ4v) is 4.38. The molecule has 2 aliphatic rings. The van der Waals surface area contributed by atoms with Gasteiger partial charge in [0.25, 0.3) is 0 Å². The van der Waals surface area contributed by atoms with Crippen LogP contribution in [0.2, 0.25) is 0 Å². The molecule has 25 heavy (non-hydrogen) atoms. The van der Waals surface area contributed by atoms with E-state index in [1.165, 1.54) is 16.7 Å². The second-order valence-corrected chi connectivity index (χ2v) is 7.04. The van der Waals surface area contributed by atoms with E-state index in [0.717, 1.165) is 17.9 Å². The maximum Gasteiger partial charge on any atom is 0.223 e. The zero-order chi connectivity index (χ0) is 17.6. The van der Waals surface area contributed by atoms with Gasteiger partial charge in [0.1, 0.15) is 0 Å². The van der Waals surface area contributed by atoms with Crippen molar-refractivity contribution in [3.63, 3.8) is 0 Å². The molecule has 2 heterocycles. The minimum Gasteiger partial charge on any atom is -0.493 e. The van der Waals surface area contributed by atoms with Crippen molar-refractivity contribution in [2.45, 2.75) is 31.2 Å². The van der Waals surface area contributed by atoms with E-state index < -0.39 is 0 Å². The first-order chi connectivity index (χ1) is 12.1.